The number of carbonyl (C=O) groups excluding carboxylic acids is 1. The highest BCUT2D eigenvalue weighted by molar-refractivity contribution is 7.47. The minimum Gasteiger partial charge on any atom is -0.393 e. The first-order valence-corrected chi connectivity index (χ1v) is 20.7. The molecule has 9 nitrogen and oxygen atoms in total. The van der Waals surface area contributed by atoms with E-state index < -0.39 is 32.0 Å². The van der Waals surface area contributed by atoms with Crippen molar-refractivity contribution in [3.05, 3.63) is 0 Å². The molecule has 0 aliphatic heterocycles. The number of rotatable bonds is 36. The lowest BCUT2D eigenvalue weighted by atomic mass is 10.0. The van der Waals surface area contributed by atoms with Crippen LogP contribution in [-0.2, 0) is 18.4 Å². The summed E-state index contributed by atoms with van der Waals surface area (Å²) < 4.78 is 22.0. The first-order valence-electron chi connectivity index (χ1n) is 19.2. The van der Waals surface area contributed by atoms with Crippen LogP contribution in [-0.4, -0.2) is 59.0 Å². The standard InChI is InChI=1S/C36H75N2O7P/c1-3-5-7-9-11-13-15-16-17-18-19-21-23-25-27-33(39)31-36(41)38-34(32-45-46(42,43)44-30-29-37)35(40)28-26-24-22-20-14-12-10-8-6-4-2/h33-35,39-40H,3-32,37H2,1-2H3,(H,38,41)(H,42,43). The van der Waals surface area contributed by atoms with Gasteiger partial charge in [-0.15, -0.1) is 0 Å². The zero-order chi connectivity index (χ0) is 34.1. The molecule has 0 aromatic carbocycles. The number of nitrogens with two attached hydrogens (primary N) is 1. The van der Waals surface area contributed by atoms with Crippen molar-refractivity contribution in [1.29, 1.82) is 0 Å². The van der Waals surface area contributed by atoms with Crippen LogP contribution in [0.15, 0.2) is 0 Å². The molecule has 1 amide bonds. The van der Waals surface area contributed by atoms with Crippen LogP contribution in [0.25, 0.3) is 0 Å². The second-order valence-corrected chi connectivity index (χ2v) is 14.8. The molecule has 276 valence electrons. The molecule has 0 radical (unpaired) electrons. The third-order valence-corrected chi connectivity index (χ3v) is 9.75. The van der Waals surface area contributed by atoms with Crippen LogP contribution in [0.4, 0.5) is 0 Å². The smallest absolute Gasteiger partial charge is 0.393 e. The van der Waals surface area contributed by atoms with E-state index >= 15 is 0 Å². The van der Waals surface area contributed by atoms with Crippen LogP contribution in [0.1, 0.15) is 187 Å². The number of carbonyl (C=O) groups is 1. The Hall–Kier alpha value is -0.540. The maximum absolute atomic E-state index is 12.7. The molecule has 10 heteroatoms. The zero-order valence-electron chi connectivity index (χ0n) is 29.9. The van der Waals surface area contributed by atoms with Crippen molar-refractivity contribution in [3.63, 3.8) is 0 Å². The molecule has 6 N–H and O–H groups in total. The summed E-state index contributed by atoms with van der Waals surface area (Å²) in [5, 5.41) is 24.0. The fourth-order valence-corrected chi connectivity index (χ4v) is 6.59. The van der Waals surface area contributed by atoms with Gasteiger partial charge in [-0.3, -0.25) is 13.8 Å². The lowest BCUT2D eigenvalue weighted by Gasteiger charge is -2.25. The first kappa shape index (κ1) is 45.5. The number of nitrogens with one attached hydrogen (secondary N) is 1. The van der Waals surface area contributed by atoms with Gasteiger partial charge in [0.05, 0.1) is 37.9 Å². The van der Waals surface area contributed by atoms with Crippen molar-refractivity contribution >= 4 is 13.7 Å². The van der Waals surface area contributed by atoms with Crippen LogP contribution in [0.2, 0.25) is 0 Å². The number of unbranched alkanes of at least 4 members (excludes halogenated alkanes) is 22. The Balaban J connectivity index is 4.30. The van der Waals surface area contributed by atoms with Gasteiger partial charge in [0.1, 0.15) is 0 Å². The van der Waals surface area contributed by atoms with Gasteiger partial charge < -0.3 is 26.2 Å². The van der Waals surface area contributed by atoms with Gasteiger partial charge in [0.2, 0.25) is 5.91 Å². The predicted octanol–water partition coefficient (Wildman–Crippen LogP) is 8.86. The highest BCUT2D eigenvalue weighted by Gasteiger charge is 2.28. The van der Waals surface area contributed by atoms with E-state index in [1.54, 1.807) is 0 Å². The van der Waals surface area contributed by atoms with Crippen molar-refractivity contribution < 1.29 is 33.5 Å². The van der Waals surface area contributed by atoms with E-state index in [2.05, 4.69) is 19.2 Å². The summed E-state index contributed by atoms with van der Waals surface area (Å²) in [6, 6.07) is -0.888. The van der Waals surface area contributed by atoms with E-state index in [0.29, 0.717) is 12.8 Å². The number of hydrogen-bond acceptors (Lipinski definition) is 7. The minimum absolute atomic E-state index is 0.0621. The fraction of sp³-hybridized carbons (Fsp3) is 0.972. The number of aliphatic hydroxyl groups is 2. The normalized spacial score (nSPS) is 15.0. The Morgan fingerprint density at radius 3 is 1.46 bits per heavy atom. The highest BCUT2D eigenvalue weighted by atomic mass is 31.2. The maximum atomic E-state index is 12.7. The summed E-state index contributed by atoms with van der Waals surface area (Å²) in [7, 11) is -4.36. The molecule has 0 spiro atoms. The minimum atomic E-state index is -4.36. The van der Waals surface area contributed by atoms with Crippen LogP contribution >= 0.6 is 7.82 Å². The van der Waals surface area contributed by atoms with Crippen molar-refractivity contribution in [3.8, 4) is 0 Å². The van der Waals surface area contributed by atoms with Crippen molar-refractivity contribution in [2.75, 3.05) is 19.8 Å². The molecule has 46 heavy (non-hydrogen) atoms. The van der Waals surface area contributed by atoms with E-state index in [1.807, 2.05) is 0 Å². The van der Waals surface area contributed by atoms with Crippen LogP contribution in [0, 0.1) is 0 Å². The van der Waals surface area contributed by atoms with Gasteiger partial charge in [-0.2, -0.15) is 0 Å². The summed E-state index contributed by atoms with van der Waals surface area (Å²) in [6.45, 7) is 4.02. The molecule has 0 aromatic heterocycles. The molecule has 0 aliphatic rings. The van der Waals surface area contributed by atoms with Crippen LogP contribution < -0.4 is 11.1 Å². The van der Waals surface area contributed by atoms with Gasteiger partial charge in [-0.1, -0.05) is 168 Å². The summed E-state index contributed by atoms with van der Waals surface area (Å²) in [6.07, 6.45) is 28.6. The summed E-state index contributed by atoms with van der Waals surface area (Å²) in [5.41, 5.74) is 5.34. The lowest BCUT2D eigenvalue weighted by molar-refractivity contribution is -0.125. The summed E-state index contributed by atoms with van der Waals surface area (Å²) >= 11 is 0. The van der Waals surface area contributed by atoms with Crippen LogP contribution in [0.3, 0.4) is 0 Å². The average Bonchev–Trinajstić information content (AvgIpc) is 3.03. The van der Waals surface area contributed by atoms with Gasteiger partial charge >= 0.3 is 7.82 Å². The van der Waals surface area contributed by atoms with Gasteiger partial charge in [0, 0.05) is 6.54 Å². The Morgan fingerprint density at radius 1 is 0.652 bits per heavy atom. The number of amides is 1. The van der Waals surface area contributed by atoms with E-state index in [4.69, 9.17) is 14.8 Å². The largest absolute Gasteiger partial charge is 0.472 e. The van der Waals surface area contributed by atoms with E-state index in [1.165, 1.54) is 116 Å². The van der Waals surface area contributed by atoms with Crippen molar-refractivity contribution in [2.24, 2.45) is 5.73 Å². The van der Waals surface area contributed by atoms with Crippen LogP contribution in [0.5, 0.6) is 0 Å². The molecule has 0 heterocycles. The second kappa shape index (κ2) is 33.0. The third kappa shape index (κ3) is 30.8. The van der Waals surface area contributed by atoms with Crippen molar-refractivity contribution in [1.82, 2.24) is 5.32 Å². The average molecular weight is 679 g/mol. The first-order chi connectivity index (χ1) is 22.3. The van der Waals surface area contributed by atoms with Gasteiger partial charge in [-0.25, -0.2) is 4.57 Å². The lowest BCUT2D eigenvalue weighted by Crippen LogP contribution is -2.47. The Morgan fingerprint density at radius 2 is 1.04 bits per heavy atom. The van der Waals surface area contributed by atoms with Crippen molar-refractivity contribution in [2.45, 2.75) is 205 Å². The second-order valence-electron chi connectivity index (χ2n) is 13.3. The number of aliphatic hydroxyl groups excluding tert-OH is 2. The zero-order valence-corrected chi connectivity index (χ0v) is 30.8. The summed E-state index contributed by atoms with van der Waals surface area (Å²) in [5.74, 6) is -0.413. The van der Waals surface area contributed by atoms with Gasteiger partial charge in [0.25, 0.3) is 0 Å². The Bertz CT molecular complexity index is 716. The fourth-order valence-electron chi connectivity index (χ4n) is 5.83. The molecule has 0 bridgehead atoms. The molecule has 4 unspecified atom stereocenters. The molecule has 0 aromatic rings. The molecular weight excluding hydrogens is 603 g/mol. The van der Waals surface area contributed by atoms with E-state index in [0.717, 1.165) is 38.5 Å². The predicted molar refractivity (Wildman–Crippen MR) is 191 cm³/mol. The Labute approximate surface area is 283 Å². The summed E-state index contributed by atoms with van der Waals surface area (Å²) in [4.78, 5) is 22.6. The van der Waals surface area contributed by atoms with E-state index in [-0.39, 0.29) is 26.2 Å². The molecule has 0 aliphatic carbocycles. The molecule has 0 saturated heterocycles. The molecule has 0 rings (SSSR count). The maximum Gasteiger partial charge on any atom is 0.472 e. The Kier molecular flexibility index (Phi) is 32.6. The number of phosphoric acid groups is 1. The monoisotopic (exact) mass is 679 g/mol. The molecule has 0 saturated carbocycles. The SMILES string of the molecule is CCCCCCCCCCCCCCCCC(O)CC(=O)NC(COP(=O)(O)OCCN)C(O)CCCCCCCCCCCC. The van der Waals surface area contributed by atoms with E-state index in [9.17, 15) is 24.5 Å². The van der Waals surface area contributed by atoms with Gasteiger partial charge in [-0.05, 0) is 12.8 Å². The number of hydrogen-bond donors (Lipinski definition) is 5. The molecule has 0 fully saturated rings. The third-order valence-electron chi connectivity index (χ3n) is 8.77. The molecular formula is C36H75N2O7P. The molecule has 4 atom stereocenters. The van der Waals surface area contributed by atoms with Gasteiger partial charge in [0.15, 0.2) is 0 Å². The number of phosphoric ester groups is 1. The quantitative estimate of drug-likeness (QED) is 0.0326. The topological polar surface area (TPSA) is 151 Å². The highest BCUT2D eigenvalue weighted by Crippen LogP contribution is 2.43.